The van der Waals surface area contributed by atoms with E-state index in [0.717, 1.165) is 10.8 Å². The summed E-state index contributed by atoms with van der Waals surface area (Å²) in [5, 5.41) is 4.54. The zero-order chi connectivity index (χ0) is 8.93. The Kier molecular flexibility index (Phi) is 3.16. The van der Waals surface area contributed by atoms with Gasteiger partial charge < -0.3 is 5.32 Å². The molecule has 0 spiro atoms. The van der Waals surface area contributed by atoms with Crippen molar-refractivity contribution in [2.75, 3.05) is 12.3 Å². The molecular weight excluding hydrogens is 182 g/mol. The van der Waals surface area contributed by atoms with Gasteiger partial charge in [0, 0.05) is 18.0 Å². The molecule has 2 rings (SSSR count). The predicted molar refractivity (Wildman–Crippen MR) is 53.8 cm³/mol. The van der Waals surface area contributed by atoms with Crippen molar-refractivity contribution in [2.45, 2.75) is 23.9 Å². The van der Waals surface area contributed by atoms with E-state index < -0.39 is 0 Å². The Morgan fingerprint density at radius 2 is 2.62 bits per heavy atom. The van der Waals surface area contributed by atoms with Gasteiger partial charge in [-0.15, -0.1) is 11.8 Å². The smallest absolute Gasteiger partial charge is 0.116 e. The molecule has 0 radical (unpaired) electrons. The third-order valence-corrected chi connectivity index (χ3v) is 3.26. The molecule has 1 N–H and O–H groups in total. The average molecular weight is 195 g/mol. The molecule has 1 atom stereocenters. The Balaban J connectivity index is 1.79. The van der Waals surface area contributed by atoms with Gasteiger partial charge in [0.25, 0.3) is 0 Å². The number of hydrogen-bond acceptors (Lipinski definition) is 4. The molecule has 70 valence electrons. The summed E-state index contributed by atoms with van der Waals surface area (Å²) in [6.45, 7) is 1.18. The van der Waals surface area contributed by atoms with Gasteiger partial charge in [0.2, 0.25) is 0 Å². The summed E-state index contributed by atoms with van der Waals surface area (Å²) in [6, 6.07) is 2.64. The van der Waals surface area contributed by atoms with E-state index in [9.17, 15) is 0 Å². The largest absolute Gasteiger partial charge is 0.313 e. The summed E-state index contributed by atoms with van der Waals surface area (Å²) in [7, 11) is 0. The topological polar surface area (TPSA) is 37.8 Å². The third-order valence-electron chi connectivity index (χ3n) is 2.15. The van der Waals surface area contributed by atoms with E-state index in [1.807, 2.05) is 6.07 Å². The summed E-state index contributed by atoms with van der Waals surface area (Å²) in [5.74, 6) is 1.12. The van der Waals surface area contributed by atoms with Gasteiger partial charge in [0.05, 0.1) is 5.03 Å². The van der Waals surface area contributed by atoms with Gasteiger partial charge in [-0.25, -0.2) is 9.97 Å². The zero-order valence-corrected chi connectivity index (χ0v) is 8.26. The molecule has 0 aliphatic carbocycles. The van der Waals surface area contributed by atoms with E-state index in [4.69, 9.17) is 0 Å². The minimum atomic E-state index is 0.681. The van der Waals surface area contributed by atoms with E-state index in [1.165, 1.54) is 19.4 Å². The molecule has 0 unspecified atom stereocenters. The maximum atomic E-state index is 4.16. The van der Waals surface area contributed by atoms with Crippen LogP contribution in [0.2, 0.25) is 0 Å². The monoisotopic (exact) mass is 195 g/mol. The quantitative estimate of drug-likeness (QED) is 0.583. The molecule has 1 aliphatic rings. The van der Waals surface area contributed by atoms with E-state index in [-0.39, 0.29) is 0 Å². The molecule has 13 heavy (non-hydrogen) atoms. The fourth-order valence-corrected chi connectivity index (χ4v) is 2.38. The van der Waals surface area contributed by atoms with Gasteiger partial charge in [-0.05, 0) is 25.5 Å². The molecule has 1 aromatic rings. The highest BCUT2D eigenvalue weighted by Crippen LogP contribution is 2.18. The lowest BCUT2D eigenvalue weighted by Gasteiger charge is -2.07. The molecular formula is C9H13N3S. The lowest BCUT2D eigenvalue weighted by atomic mass is 10.3. The minimum absolute atomic E-state index is 0.681. The number of nitrogens with zero attached hydrogens (tertiary/aromatic N) is 2. The molecule has 0 aromatic carbocycles. The summed E-state index contributed by atoms with van der Waals surface area (Å²) < 4.78 is 0. The summed E-state index contributed by atoms with van der Waals surface area (Å²) >= 11 is 1.80. The van der Waals surface area contributed by atoms with Crippen LogP contribution in [-0.4, -0.2) is 28.3 Å². The van der Waals surface area contributed by atoms with Gasteiger partial charge in [-0.3, -0.25) is 0 Å². The first-order chi connectivity index (χ1) is 6.45. The van der Waals surface area contributed by atoms with Crippen molar-refractivity contribution in [3.63, 3.8) is 0 Å². The van der Waals surface area contributed by atoms with Crippen molar-refractivity contribution in [3.05, 3.63) is 18.6 Å². The minimum Gasteiger partial charge on any atom is -0.313 e. The van der Waals surface area contributed by atoms with Crippen LogP contribution in [-0.2, 0) is 0 Å². The maximum absolute atomic E-state index is 4.16. The van der Waals surface area contributed by atoms with E-state index in [2.05, 4.69) is 15.3 Å². The summed E-state index contributed by atoms with van der Waals surface area (Å²) in [4.78, 5) is 8.05. The van der Waals surface area contributed by atoms with Crippen molar-refractivity contribution in [1.82, 2.24) is 15.3 Å². The molecule has 1 fully saturated rings. The van der Waals surface area contributed by atoms with E-state index >= 15 is 0 Å². The van der Waals surface area contributed by atoms with Gasteiger partial charge in [0.1, 0.15) is 6.33 Å². The van der Waals surface area contributed by atoms with Crippen LogP contribution in [0.4, 0.5) is 0 Å². The number of rotatable bonds is 3. The lowest BCUT2D eigenvalue weighted by molar-refractivity contribution is 0.673. The maximum Gasteiger partial charge on any atom is 0.116 e. The Labute approximate surface area is 82.4 Å². The van der Waals surface area contributed by atoms with E-state index in [0.29, 0.717) is 6.04 Å². The first-order valence-corrected chi connectivity index (χ1v) is 5.56. The van der Waals surface area contributed by atoms with Crippen molar-refractivity contribution in [1.29, 1.82) is 0 Å². The highest BCUT2D eigenvalue weighted by atomic mass is 32.2. The van der Waals surface area contributed by atoms with Crippen molar-refractivity contribution >= 4 is 11.8 Å². The zero-order valence-electron chi connectivity index (χ0n) is 7.44. The number of aromatic nitrogens is 2. The Morgan fingerprint density at radius 1 is 1.62 bits per heavy atom. The van der Waals surface area contributed by atoms with Crippen LogP contribution in [0.5, 0.6) is 0 Å². The van der Waals surface area contributed by atoms with Gasteiger partial charge >= 0.3 is 0 Å². The van der Waals surface area contributed by atoms with Crippen LogP contribution in [0, 0.1) is 0 Å². The van der Waals surface area contributed by atoms with Crippen LogP contribution in [0.25, 0.3) is 0 Å². The molecule has 1 aromatic heterocycles. The third kappa shape index (κ3) is 2.67. The fourth-order valence-electron chi connectivity index (χ4n) is 1.45. The van der Waals surface area contributed by atoms with Crippen LogP contribution in [0.1, 0.15) is 12.8 Å². The van der Waals surface area contributed by atoms with Crippen molar-refractivity contribution in [3.8, 4) is 0 Å². The molecule has 4 heteroatoms. The number of nitrogens with one attached hydrogen (secondary N) is 1. The molecule has 1 aliphatic heterocycles. The van der Waals surface area contributed by atoms with Gasteiger partial charge in [-0.2, -0.15) is 0 Å². The highest BCUT2D eigenvalue weighted by molar-refractivity contribution is 7.99. The second-order valence-electron chi connectivity index (χ2n) is 3.15. The number of hydrogen-bond donors (Lipinski definition) is 1. The lowest BCUT2D eigenvalue weighted by Crippen LogP contribution is -2.23. The predicted octanol–water partition coefficient (Wildman–Crippen LogP) is 1.32. The Bertz CT molecular complexity index is 246. The second kappa shape index (κ2) is 4.58. The second-order valence-corrected chi connectivity index (χ2v) is 4.19. The van der Waals surface area contributed by atoms with Crippen molar-refractivity contribution < 1.29 is 0 Å². The molecule has 0 amide bonds. The van der Waals surface area contributed by atoms with E-state index in [1.54, 1.807) is 24.3 Å². The fraction of sp³-hybridized carbons (Fsp3) is 0.556. The van der Waals surface area contributed by atoms with Gasteiger partial charge in [-0.1, -0.05) is 0 Å². The summed E-state index contributed by atoms with van der Waals surface area (Å²) in [5.41, 5.74) is 0. The SMILES string of the molecule is c1cc(SC[C@@H]2CCCN2)ncn1. The Morgan fingerprint density at radius 3 is 3.31 bits per heavy atom. The van der Waals surface area contributed by atoms with Crippen molar-refractivity contribution in [2.24, 2.45) is 0 Å². The van der Waals surface area contributed by atoms with Crippen LogP contribution in [0.15, 0.2) is 23.6 Å². The first kappa shape index (κ1) is 8.97. The summed E-state index contributed by atoms with van der Waals surface area (Å²) in [6.07, 6.45) is 6.01. The first-order valence-electron chi connectivity index (χ1n) is 4.57. The number of thioether (sulfide) groups is 1. The van der Waals surface area contributed by atoms with Crippen LogP contribution in [0.3, 0.4) is 0 Å². The molecule has 3 nitrogen and oxygen atoms in total. The Hall–Kier alpha value is -0.610. The highest BCUT2D eigenvalue weighted by Gasteiger charge is 2.13. The molecule has 0 bridgehead atoms. The average Bonchev–Trinajstić information content (AvgIpc) is 2.69. The molecule has 2 heterocycles. The van der Waals surface area contributed by atoms with Gasteiger partial charge in [0.15, 0.2) is 0 Å². The molecule has 0 saturated carbocycles. The van der Waals surface area contributed by atoms with Crippen LogP contribution < -0.4 is 5.32 Å². The normalized spacial score (nSPS) is 22.0. The standard InChI is InChI=1S/C9H13N3S/c1-2-8(11-4-1)6-13-9-3-5-10-7-12-9/h3,5,7-8,11H,1-2,4,6H2/t8-/m0/s1. The molecule has 1 saturated heterocycles. The van der Waals surface area contributed by atoms with Crippen LogP contribution >= 0.6 is 11.8 Å².